The zero-order valence-corrected chi connectivity index (χ0v) is 13.5. The van der Waals surface area contributed by atoms with E-state index in [4.69, 9.17) is 9.84 Å². The number of aliphatic carboxylic acids is 1. The summed E-state index contributed by atoms with van der Waals surface area (Å²) < 4.78 is 32.2. The summed E-state index contributed by atoms with van der Waals surface area (Å²) in [4.78, 5) is 10.4. The first-order valence-corrected chi connectivity index (χ1v) is 8.26. The van der Waals surface area contributed by atoms with Crippen LogP contribution >= 0.6 is 15.9 Å². The molecule has 0 aliphatic rings. The van der Waals surface area contributed by atoms with Crippen molar-refractivity contribution in [3.8, 4) is 5.75 Å². The first kappa shape index (κ1) is 16.8. The molecule has 0 unspecified atom stereocenters. The summed E-state index contributed by atoms with van der Waals surface area (Å²) in [5, 5.41) is 8.52. The Morgan fingerprint density at radius 2 is 2.10 bits per heavy atom. The van der Waals surface area contributed by atoms with E-state index in [-0.39, 0.29) is 18.6 Å². The molecule has 6 nitrogen and oxygen atoms in total. The highest BCUT2D eigenvalue weighted by Crippen LogP contribution is 2.32. The number of nitrogens with one attached hydrogen (secondary N) is 1. The molecule has 20 heavy (non-hydrogen) atoms. The molecule has 2 N–H and O–H groups in total. The maximum absolute atomic E-state index is 11.9. The van der Waals surface area contributed by atoms with E-state index in [1.54, 1.807) is 19.1 Å². The number of carboxylic acids is 1. The molecule has 1 aromatic carbocycles. The number of carboxylic acid groups (broad SMARTS) is 1. The highest BCUT2D eigenvalue weighted by molar-refractivity contribution is 9.10. The summed E-state index contributed by atoms with van der Waals surface area (Å²) in [7, 11) is -2.16. The lowest BCUT2D eigenvalue weighted by Crippen LogP contribution is -2.18. The number of hydrogen-bond acceptors (Lipinski definition) is 4. The molecule has 1 aromatic rings. The van der Waals surface area contributed by atoms with Crippen molar-refractivity contribution >= 4 is 37.6 Å². The standard InChI is InChI=1S/C12H16BrNO5S/c1-8-6-9(13)7-10(19-2)12(8)14-20(17,18)5-3-4-11(15)16/h6-7,14H,3-5H2,1-2H3,(H,15,16). The Bertz CT molecular complexity index is 600. The Morgan fingerprint density at radius 1 is 1.45 bits per heavy atom. The maximum atomic E-state index is 11.9. The van der Waals surface area contributed by atoms with Crippen LogP contribution in [-0.2, 0) is 14.8 Å². The second kappa shape index (κ2) is 6.94. The van der Waals surface area contributed by atoms with Crippen molar-refractivity contribution in [2.45, 2.75) is 19.8 Å². The fourth-order valence-corrected chi connectivity index (χ4v) is 3.37. The van der Waals surface area contributed by atoms with Crippen LogP contribution in [0.15, 0.2) is 16.6 Å². The molecule has 0 aliphatic carbocycles. The minimum Gasteiger partial charge on any atom is -0.495 e. The SMILES string of the molecule is COc1cc(Br)cc(C)c1NS(=O)(=O)CCCC(=O)O. The molecule has 0 saturated heterocycles. The summed E-state index contributed by atoms with van der Waals surface area (Å²) in [5.74, 6) is -0.867. The summed E-state index contributed by atoms with van der Waals surface area (Å²) in [5.41, 5.74) is 1.07. The van der Waals surface area contributed by atoms with Gasteiger partial charge in [-0.1, -0.05) is 15.9 Å². The van der Waals surface area contributed by atoms with Crippen LogP contribution in [0.3, 0.4) is 0 Å². The Hall–Kier alpha value is -1.28. The van der Waals surface area contributed by atoms with Gasteiger partial charge in [0.2, 0.25) is 10.0 Å². The quantitative estimate of drug-likeness (QED) is 0.773. The van der Waals surface area contributed by atoms with Gasteiger partial charge in [0.05, 0.1) is 18.6 Å². The Morgan fingerprint density at radius 3 is 2.65 bits per heavy atom. The van der Waals surface area contributed by atoms with Crippen molar-refractivity contribution in [2.24, 2.45) is 0 Å². The molecule has 0 amide bonds. The van der Waals surface area contributed by atoms with E-state index in [0.717, 1.165) is 4.47 Å². The largest absolute Gasteiger partial charge is 0.495 e. The van der Waals surface area contributed by atoms with Gasteiger partial charge < -0.3 is 9.84 Å². The number of carbonyl (C=O) groups is 1. The smallest absolute Gasteiger partial charge is 0.303 e. The van der Waals surface area contributed by atoms with Gasteiger partial charge in [0.15, 0.2) is 0 Å². The molecule has 0 saturated carbocycles. The molecular formula is C12H16BrNO5S. The van der Waals surface area contributed by atoms with Gasteiger partial charge in [-0.25, -0.2) is 8.42 Å². The minimum atomic E-state index is -3.61. The number of ether oxygens (including phenoxy) is 1. The number of anilines is 1. The molecule has 0 heterocycles. The van der Waals surface area contributed by atoms with Gasteiger partial charge in [-0.3, -0.25) is 9.52 Å². The lowest BCUT2D eigenvalue weighted by Gasteiger charge is -2.14. The highest BCUT2D eigenvalue weighted by Gasteiger charge is 2.16. The molecule has 1 rings (SSSR count). The van der Waals surface area contributed by atoms with Crippen LogP contribution in [0.2, 0.25) is 0 Å². The number of sulfonamides is 1. The molecule has 0 radical (unpaired) electrons. The predicted molar refractivity (Wildman–Crippen MR) is 79.7 cm³/mol. The normalized spacial score (nSPS) is 11.2. The van der Waals surface area contributed by atoms with Gasteiger partial charge in [0.1, 0.15) is 5.75 Å². The van der Waals surface area contributed by atoms with Crippen molar-refractivity contribution in [1.82, 2.24) is 0 Å². The molecule has 0 spiro atoms. The van der Waals surface area contributed by atoms with Crippen molar-refractivity contribution in [3.05, 3.63) is 22.2 Å². The monoisotopic (exact) mass is 365 g/mol. The van der Waals surface area contributed by atoms with E-state index in [1.165, 1.54) is 7.11 Å². The fourth-order valence-electron chi connectivity index (χ4n) is 1.62. The van der Waals surface area contributed by atoms with Crippen LogP contribution in [0.5, 0.6) is 5.75 Å². The second-order valence-electron chi connectivity index (χ2n) is 4.22. The van der Waals surface area contributed by atoms with Crippen molar-refractivity contribution in [2.75, 3.05) is 17.6 Å². The summed E-state index contributed by atoms with van der Waals surface area (Å²) in [6.07, 6.45) is -0.125. The summed E-state index contributed by atoms with van der Waals surface area (Å²) in [6, 6.07) is 3.42. The minimum absolute atomic E-state index is 0.0581. The lowest BCUT2D eigenvalue weighted by atomic mass is 10.2. The molecule has 0 aromatic heterocycles. The molecule has 8 heteroatoms. The summed E-state index contributed by atoms with van der Waals surface area (Å²) >= 11 is 3.30. The zero-order valence-electron chi connectivity index (χ0n) is 11.1. The van der Waals surface area contributed by atoms with Gasteiger partial charge in [-0.05, 0) is 31.0 Å². The first-order valence-electron chi connectivity index (χ1n) is 5.81. The van der Waals surface area contributed by atoms with E-state index >= 15 is 0 Å². The van der Waals surface area contributed by atoms with Gasteiger partial charge in [-0.2, -0.15) is 0 Å². The number of benzene rings is 1. The third kappa shape index (κ3) is 5.01. The zero-order chi connectivity index (χ0) is 15.3. The second-order valence-corrected chi connectivity index (χ2v) is 6.98. The van der Waals surface area contributed by atoms with E-state index in [2.05, 4.69) is 20.7 Å². The third-order valence-corrected chi connectivity index (χ3v) is 4.34. The van der Waals surface area contributed by atoms with Crippen LogP contribution in [-0.4, -0.2) is 32.4 Å². The lowest BCUT2D eigenvalue weighted by molar-refractivity contribution is -0.137. The average molecular weight is 366 g/mol. The van der Waals surface area contributed by atoms with Crippen LogP contribution < -0.4 is 9.46 Å². The Kier molecular flexibility index (Phi) is 5.82. The van der Waals surface area contributed by atoms with Crippen molar-refractivity contribution in [3.63, 3.8) is 0 Å². The van der Waals surface area contributed by atoms with Gasteiger partial charge >= 0.3 is 5.97 Å². The summed E-state index contributed by atoms with van der Waals surface area (Å²) in [6.45, 7) is 1.75. The number of methoxy groups -OCH3 is 1. The van der Waals surface area contributed by atoms with E-state index in [1.807, 2.05) is 0 Å². The average Bonchev–Trinajstić information content (AvgIpc) is 2.31. The van der Waals surface area contributed by atoms with Crippen LogP contribution in [0.4, 0.5) is 5.69 Å². The molecule has 112 valence electrons. The molecular weight excluding hydrogens is 350 g/mol. The van der Waals surface area contributed by atoms with E-state index in [9.17, 15) is 13.2 Å². The van der Waals surface area contributed by atoms with Crippen LogP contribution in [0.1, 0.15) is 18.4 Å². The van der Waals surface area contributed by atoms with Gasteiger partial charge in [-0.15, -0.1) is 0 Å². The molecule has 0 fully saturated rings. The third-order valence-electron chi connectivity index (χ3n) is 2.55. The maximum Gasteiger partial charge on any atom is 0.303 e. The highest BCUT2D eigenvalue weighted by atomic mass is 79.9. The predicted octanol–water partition coefficient (Wildman–Crippen LogP) is 2.37. The van der Waals surface area contributed by atoms with Gasteiger partial charge in [0.25, 0.3) is 0 Å². The number of halogens is 1. The number of aryl methyl sites for hydroxylation is 1. The van der Waals surface area contributed by atoms with Crippen molar-refractivity contribution in [1.29, 1.82) is 0 Å². The van der Waals surface area contributed by atoms with Gasteiger partial charge in [0, 0.05) is 10.9 Å². The van der Waals surface area contributed by atoms with Crippen molar-refractivity contribution < 1.29 is 23.1 Å². The number of hydrogen-bond donors (Lipinski definition) is 2. The Balaban J connectivity index is 2.89. The number of rotatable bonds is 7. The van der Waals surface area contributed by atoms with E-state index < -0.39 is 16.0 Å². The molecule has 0 aliphatic heterocycles. The fraction of sp³-hybridized carbons (Fsp3) is 0.417. The van der Waals surface area contributed by atoms with Crippen LogP contribution in [0.25, 0.3) is 0 Å². The van der Waals surface area contributed by atoms with Crippen LogP contribution in [0, 0.1) is 6.92 Å². The molecule has 0 bridgehead atoms. The first-order chi connectivity index (χ1) is 9.25. The van der Waals surface area contributed by atoms with E-state index in [0.29, 0.717) is 17.0 Å². The Labute approximate surface area is 126 Å². The topological polar surface area (TPSA) is 92.7 Å². The molecule has 0 atom stereocenters.